The molecule has 3 unspecified atom stereocenters. The molecule has 2 rings (SSSR count). The zero-order valence-corrected chi connectivity index (χ0v) is 10.9. The molecule has 0 aromatic rings. The Hall–Kier alpha value is -0.120. The van der Waals surface area contributed by atoms with E-state index in [2.05, 4.69) is 23.8 Å². The molecule has 2 aliphatic heterocycles. The van der Waals surface area contributed by atoms with E-state index in [4.69, 9.17) is 5.73 Å². The minimum Gasteiger partial charge on any atom is -0.327 e. The first-order chi connectivity index (χ1) is 7.70. The molecule has 16 heavy (non-hydrogen) atoms. The maximum Gasteiger partial charge on any atom is 0.0223 e. The maximum absolute atomic E-state index is 6.17. The number of nitrogens with zero attached hydrogens (tertiary/aromatic N) is 2. The fourth-order valence-electron chi connectivity index (χ4n) is 3.28. The summed E-state index contributed by atoms with van der Waals surface area (Å²) in [5.74, 6) is 0.723. The molecule has 0 aromatic heterocycles. The largest absolute Gasteiger partial charge is 0.327 e. The third-order valence-electron chi connectivity index (χ3n) is 4.46. The van der Waals surface area contributed by atoms with Crippen molar-refractivity contribution in [2.75, 3.05) is 33.2 Å². The van der Waals surface area contributed by atoms with E-state index >= 15 is 0 Å². The van der Waals surface area contributed by atoms with Gasteiger partial charge in [-0.1, -0.05) is 13.3 Å². The van der Waals surface area contributed by atoms with Crippen molar-refractivity contribution in [2.45, 2.75) is 44.7 Å². The fourth-order valence-corrected chi connectivity index (χ4v) is 3.28. The molecule has 0 bridgehead atoms. The van der Waals surface area contributed by atoms with Crippen LogP contribution < -0.4 is 5.73 Å². The number of nitrogens with two attached hydrogens (primary N) is 1. The number of hydrogen-bond acceptors (Lipinski definition) is 3. The van der Waals surface area contributed by atoms with E-state index in [0.717, 1.165) is 12.0 Å². The van der Waals surface area contributed by atoms with Crippen molar-refractivity contribution in [2.24, 2.45) is 11.7 Å². The van der Waals surface area contributed by atoms with E-state index in [1.165, 1.54) is 51.9 Å². The topological polar surface area (TPSA) is 32.5 Å². The van der Waals surface area contributed by atoms with Crippen molar-refractivity contribution in [3.63, 3.8) is 0 Å². The van der Waals surface area contributed by atoms with Gasteiger partial charge in [-0.05, 0) is 45.3 Å². The molecule has 2 saturated heterocycles. The Kier molecular flexibility index (Phi) is 4.22. The van der Waals surface area contributed by atoms with E-state index in [9.17, 15) is 0 Å². The lowest BCUT2D eigenvalue weighted by atomic mass is 9.89. The van der Waals surface area contributed by atoms with E-state index in [0.29, 0.717) is 6.04 Å². The van der Waals surface area contributed by atoms with Gasteiger partial charge in [0.2, 0.25) is 0 Å². The van der Waals surface area contributed by atoms with Gasteiger partial charge in [-0.3, -0.25) is 4.90 Å². The number of likely N-dealkylation sites (N-methyl/N-ethyl adjacent to an activating group) is 1. The summed E-state index contributed by atoms with van der Waals surface area (Å²) >= 11 is 0. The minimum atomic E-state index is 0.447. The zero-order chi connectivity index (χ0) is 11.5. The molecule has 0 saturated carbocycles. The van der Waals surface area contributed by atoms with Gasteiger partial charge in [0.25, 0.3) is 0 Å². The summed E-state index contributed by atoms with van der Waals surface area (Å²) < 4.78 is 0. The highest BCUT2D eigenvalue weighted by atomic mass is 15.2. The molecule has 2 heterocycles. The van der Waals surface area contributed by atoms with Gasteiger partial charge in [0.15, 0.2) is 0 Å². The summed E-state index contributed by atoms with van der Waals surface area (Å²) in [5, 5.41) is 0. The molecule has 94 valence electrons. The average molecular weight is 225 g/mol. The van der Waals surface area contributed by atoms with Crippen LogP contribution in [0.2, 0.25) is 0 Å². The lowest BCUT2D eigenvalue weighted by Gasteiger charge is -2.44. The second-order valence-electron chi connectivity index (χ2n) is 5.67. The molecular weight excluding hydrogens is 198 g/mol. The number of likely N-dealkylation sites (tertiary alicyclic amines) is 2. The Morgan fingerprint density at radius 3 is 2.69 bits per heavy atom. The summed E-state index contributed by atoms with van der Waals surface area (Å²) in [6.45, 7) is 7.26. The van der Waals surface area contributed by atoms with Crippen LogP contribution in [0.3, 0.4) is 0 Å². The number of piperidine rings is 2. The highest BCUT2D eigenvalue weighted by Gasteiger charge is 2.31. The lowest BCUT2D eigenvalue weighted by Crippen LogP contribution is -2.54. The van der Waals surface area contributed by atoms with Crippen LogP contribution in [0.15, 0.2) is 0 Å². The predicted molar refractivity (Wildman–Crippen MR) is 68.5 cm³/mol. The molecule has 2 N–H and O–H groups in total. The van der Waals surface area contributed by atoms with Gasteiger partial charge in [-0.25, -0.2) is 0 Å². The molecule has 3 heteroatoms. The summed E-state index contributed by atoms with van der Waals surface area (Å²) in [7, 11) is 2.25. The van der Waals surface area contributed by atoms with Crippen LogP contribution in [-0.4, -0.2) is 55.1 Å². The van der Waals surface area contributed by atoms with Crippen molar-refractivity contribution < 1.29 is 0 Å². The molecular formula is C13H27N3. The van der Waals surface area contributed by atoms with Crippen LogP contribution in [0, 0.1) is 5.92 Å². The van der Waals surface area contributed by atoms with E-state index in [-0.39, 0.29) is 0 Å². The van der Waals surface area contributed by atoms with Crippen molar-refractivity contribution in [3.8, 4) is 0 Å². The van der Waals surface area contributed by atoms with Crippen LogP contribution in [0.5, 0.6) is 0 Å². The zero-order valence-electron chi connectivity index (χ0n) is 10.9. The summed E-state index contributed by atoms with van der Waals surface area (Å²) in [4.78, 5) is 5.18. The Labute approximate surface area is 100.0 Å². The Bertz CT molecular complexity index is 219. The molecule has 0 radical (unpaired) electrons. The maximum atomic E-state index is 6.17. The van der Waals surface area contributed by atoms with Gasteiger partial charge in [-0.2, -0.15) is 0 Å². The van der Waals surface area contributed by atoms with Crippen LogP contribution in [0.25, 0.3) is 0 Å². The first kappa shape index (κ1) is 12.3. The second kappa shape index (κ2) is 5.48. The minimum absolute atomic E-state index is 0.447. The number of hydrogen-bond donors (Lipinski definition) is 1. The van der Waals surface area contributed by atoms with Gasteiger partial charge < -0.3 is 10.6 Å². The Morgan fingerprint density at radius 2 is 2.00 bits per heavy atom. The molecule has 2 aliphatic rings. The van der Waals surface area contributed by atoms with Crippen molar-refractivity contribution in [1.82, 2.24) is 9.80 Å². The monoisotopic (exact) mass is 225 g/mol. The summed E-state index contributed by atoms with van der Waals surface area (Å²) in [6, 6.07) is 1.24. The summed E-state index contributed by atoms with van der Waals surface area (Å²) in [6.07, 6.45) is 5.18. The quantitative estimate of drug-likeness (QED) is 0.765. The van der Waals surface area contributed by atoms with E-state index in [1.807, 2.05) is 0 Å². The van der Waals surface area contributed by atoms with Crippen LogP contribution in [0.1, 0.15) is 32.6 Å². The van der Waals surface area contributed by atoms with Gasteiger partial charge in [0.05, 0.1) is 0 Å². The van der Waals surface area contributed by atoms with Crippen LogP contribution in [0.4, 0.5) is 0 Å². The van der Waals surface area contributed by atoms with Crippen LogP contribution >= 0.6 is 0 Å². The Balaban J connectivity index is 1.89. The average Bonchev–Trinajstić information content (AvgIpc) is 2.29. The van der Waals surface area contributed by atoms with Crippen molar-refractivity contribution in [3.05, 3.63) is 0 Å². The highest BCUT2D eigenvalue weighted by molar-refractivity contribution is 4.87. The SMILES string of the molecule is CCC1CN(C2CCCN(C)C2)CCC1N. The molecule has 0 amide bonds. The summed E-state index contributed by atoms with van der Waals surface area (Å²) in [5.41, 5.74) is 6.17. The number of rotatable bonds is 2. The van der Waals surface area contributed by atoms with E-state index in [1.54, 1.807) is 0 Å². The van der Waals surface area contributed by atoms with Crippen LogP contribution in [-0.2, 0) is 0 Å². The van der Waals surface area contributed by atoms with Gasteiger partial charge in [0.1, 0.15) is 0 Å². The van der Waals surface area contributed by atoms with Gasteiger partial charge >= 0.3 is 0 Å². The molecule has 3 nitrogen and oxygen atoms in total. The molecule has 0 spiro atoms. The first-order valence-electron chi connectivity index (χ1n) is 6.89. The first-order valence-corrected chi connectivity index (χ1v) is 6.89. The third-order valence-corrected chi connectivity index (χ3v) is 4.46. The molecule has 0 aliphatic carbocycles. The standard InChI is InChI=1S/C13H27N3/c1-3-11-9-16(8-6-13(11)14)12-5-4-7-15(2)10-12/h11-13H,3-10,14H2,1-2H3. The van der Waals surface area contributed by atoms with Gasteiger partial charge in [0, 0.05) is 25.2 Å². The Morgan fingerprint density at radius 1 is 1.19 bits per heavy atom. The fraction of sp³-hybridized carbons (Fsp3) is 1.00. The normalized spacial score (nSPS) is 38.8. The molecule has 2 fully saturated rings. The highest BCUT2D eigenvalue weighted by Crippen LogP contribution is 2.23. The second-order valence-corrected chi connectivity index (χ2v) is 5.67. The molecule has 3 atom stereocenters. The van der Waals surface area contributed by atoms with Crippen molar-refractivity contribution in [1.29, 1.82) is 0 Å². The third kappa shape index (κ3) is 2.76. The van der Waals surface area contributed by atoms with Crippen molar-refractivity contribution >= 4 is 0 Å². The van der Waals surface area contributed by atoms with Gasteiger partial charge in [-0.15, -0.1) is 0 Å². The predicted octanol–water partition coefficient (Wildman–Crippen LogP) is 1.14. The van der Waals surface area contributed by atoms with E-state index < -0.39 is 0 Å². The molecule has 0 aromatic carbocycles. The lowest BCUT2D eigenvalue weighted by molar-refractivity contribution is 0.0631. The smallest absolute Gasteiger partial charge is 0.0223 e.